The van der Waals surface area contributed by atoms with Gasteiger partial charge in [0.05, 0.1) is 0 Å². The number of nitrogens with one attached hydrogen (secondary N) is 1. The van der Waals surface area contributed by atoms with Gasteiger partial charge >= 0.3 is 0 Å². The molecular formula is C13H17N5O. The van der Waals surface area contributed by atoms with E-state index in [1.807, 2.05) is 16.7 Å². The zero-order valence-corrected chi connectivity index (χ0v) is 10.7. The average Bonchev–Trinajstić information content (AvgIpc) is 3.14. The highest BCUT2D eigenvalue weighted by molar-refractivity contribution is 5.76. The van der Waals surface area contributed by atoms with Crippen LogP contribution in [0.15, 0.2) is 18.3 Å². The molecule has 19 heavy (non-hydrogen) atoms. The van der Waals surface area contributed by atoms with Crippen LogP contribution in [-0.4, -0.2) is 26.5 Å². The maximum Gasteiger partial charge on any atom is 0.220 e. The molecule has 2 aromatic heterocycles. The van der Waals surface area contributed by atoms with E-state index in [1.165, 1.54) is 0 Å². The predicted octanol–water partition coefficient (Wildman–Crippen LogP) is 1.07. The molecule has 0 aliphatic heterocycles. The van der Waals surface area contributed by atoms with Gasteiger partial charge in [-0.1, -0.05) is 0 Å². The summed E-state index contributed by atoms with van der Waals surface area (Å²) in [4.78, 5) is 20.1. The monoisotopic (exact) mass is 259 g/mol. The fraction of sp³-hybridized carbons (Fsp3) is 0.462. The highest BCUT2D eigenvalue weighted by Gasteiger charge is 2.22. The first-order valence-corrected chi connectivity index (χ1v) is 6.60. The molecule has 0 aromatic carbocycles. The zero-order chi connectivity index (χ0) is 13.2. The lowest BCUT2D eigenvalue weighted by molar-refractivity contribution is -0.121. The van der Waals surface area contributed by atoms with Crippen LogP contribution in [0.5, 0.6) is 0 Å². The van der Waals surface area contributed by atoms with Gasteiger partial charge in [-0.05, 0) is 31.4 Å². The number of carbonyl (C=O) groups is 1. The number of rotatable bonds is 5. The Morgan fingerprint density at radius 2 is 2.37 bits per heavy atom. The highest BCUT2D eigenvalue weighted by atomic mass is 16.1. The Hall–Kier alpha value is -2.11. The van der Waals surface area contributed by atoms with Gasteiger partial charge in [-0.25, -0.2) is 9.97 Å². The Morgan fingerprint density at radius 3 is 3.16 bits per heavy atom. The summed E-state index contributed by atoms with van der Waals surface area (Å²) in [5, 5.41) is 2.98. The fourth-order valence-corrected chi connectivity index (χ4v) is 2.12. The van der Waals surface area contributed by atoms with Gasteiger partial charge in [-0.2, -0.15) is 0 Å². The molecule has 0 radical (unpaired) electrons. The number of carbonyl (C=O) groups excluding carboxylic acids is 1. The fourth-order valence-electron chi connectivity index (χ4n) is 2.12. The molecule has 1 amide bonds. The normalized spacial score (nSPS) is 14.7. The van der Waals surface area contributed by atoms with Crippen LogP contribution in [0.1, 0.15) is 25.7 Å². The number of hydrogen-bond donors (Lipinski definition) is 2. The first-order valence-electron chi connectivity index (χ1n) is 6.60. The summed E-state index contributed by atoms with van der Waals surface area (Å²) in [6.07, 6.45) is 5.22. The number of nitrogen functional groups attached to an aromatic ring is 1. The molecule has 0 spiro atoms. The molecule has 100 valence electrons. The van der Waals surface area contributed by atoms with E-state index < -0.39 is 0 Å². The molecule has 0 atom stereocenters. The molecule has 6 heteroatoms. The SMILES string of the molecule is Nc1nc2cccnc2n1CCCC(=O)NC1CC1. The number of nitrogens with two attached hydrogens (primary N) is 1. The Balaban J connectivity index is 1.61. The second-order valence-electron chi connectivity index (χ2n) is 4.91. The standard InChI is InChI=1S/C13H17N5O/c14-13-17-10-3-1-7-15-12(10)18(13)8-2-4-11(19)16-9-5-6-9/h1,3,7,9H,2,4-6,8H2,(H2,14,17)(H,16,19). The Labute approximate surface area is 111 Å². The molecule has 0 bridgehead atoms. The third-order valence-electron chi connectivity index (χ3n) is 3.26. The Bertz CT molecular complexity index is 602. The van der Waals surface area contributed by atoms with E-state index in [0.717, 1.165) is 30.4 Å². The highest BCUT2D eigenvalue weighted by Crippen LogP contribution is 2.19. The predicted molar refractivity (Wildman–Crippen MR) is 72.3 cm³/mol. The van der Waals surface area contributed by atoms with Crippen molar-refractivity contribution < 1.29 is 4.79 Å². The molecule has 1 fully saturated rings. The van der Waals surface area contributed by atoms with Gasteiger partial charge in [0.25, 0.3) is 0 Å². The topological polar surface area (TPSA) is 85.8 Å². The van der Waals surface area contributed by atoms with Crippen molar-refractivity contribution >= 4 is 23.0 Å². The van der Waals surface area contributed by atoms with Crippen molar-refractivity contribution in [2.24, 2.45) is 0 Å². The van der Waals surface area contributed by atoms with Crippen LogP contribution in [0, 0.1) is 0 Å². The minimum atomic E-state index is 0.124. The molecule has 3 N–H and O–H groups in total. The summed E-state index contributed by atoms with van der Waals surface area (Å²) in [6.45, 7) is 0.664. The van der Waals surface area contributed by atoms with Gasteiger partial charge in [0.15, 0.2) is 5.65 Å². The molecule has 2 aromatic rings. The molecule has 3 rings (SSSR count). The molecular weight excluding hydrogens is 242 g/mol. The van der Waals surface area contributed by atoms with E-state index >= 15 is 0 Å². The van der Waals surface area contributed by atoms with Crippen LogP contribution in [-0.2, 0) is 11.3 Å². The molecule has 0 saturated heterocycles. The second kappa shape index (κ2) is 4.87. The largest absolute Gasteiger partial charge is 0.369 e. The first-order chi connectivity index (χ1) is 9.24. The molecule has 2 heterocycles. The van der Waals surface area contributed by atoms with Crippen molar-refractivity contribution in [2.75, 3.05) is 5.73 Å². The van der Waals surface area contributed by atoms with Crippen LogP contribution in [0.2, 0.25) is 0 Å². The summed E-state index contributed by atoms with van der Waals surface area (Å²) in [6, 6.07) is 4.14. The van der Waals surface area contributed by atoms with Crippen molar-refractivity contribution in [3.8, 4) is 0 Å². The number of imidazole rings is 1. The van der Waals surface area contributed by atoms with Crippen LogP contribution >= 0.6 is 0 Å². The van der Waals surface area contributed by atoms with Crippen molar-refractivity contribution in [2.45, 2.75) is 38.3 Å². The number of anilines is 1. The lowest BCUT2D eigenvalue weighted by Crippen LogP contribution is -2.25. The van der Waals surface area contributed by atoms with Gasteiger partial charge in [0.2, 0.25) is 11.9 Å². The zero-order valence-electron chi connectivity index (χ0n) is 10.7. The van der Waals surface area contributed by atoms with Crippen LogP contribution in [0.3, 0.4) is 0 Å². The lowest BCUT2D eigenvalue weighted by atomic mass is 10.3. The van der Waals surface area contributed by atoms with Crippen LogP contribution < -0.4 is 11.1 Å². The number of amides is 1. The van der Waals surface area contributed by atoms with E-state index in [-0.39, 0.29) is 5.91 Å². The summed E-state index contributed by atoms with van der Waals surface area (Å²) in [7, 11) is 0. The van der Waals surface area contributed by atoms with Gasteiger partial charge in [0.1, 0.15) is 5.52 Å². The summed E-state index contributed by atoms with van der Waals surface area (Å²) in [5.74, 6) is 0.578. The number of hydrogen-bond acceptors (Lipinski definition) is 4. The molecule has 1 aliphatic rings. The first kappa shape index (κ1) is 12.0. The van der Waals surface area contributed by atoms with Gasteiger partial charge in [-0.15, -0.1) is 0 Å². The van der Waals surface area contributed by atoms with E-state index in [0.29, 0.717) is 25.0 Å². The average molecular weight is 259 g/mol. The van der Waals surface area contributed by atoms with E-state index in [2.05, 4.69) is 15.3 Å². The maximum absolute atomic E-state index is 11.6. The summed E-state index contributed by atoms with van der Waals surface area (Å²) in [5.41, 5.74) is 7.45. The van der Waals surface area contributed by atoms with Crippen molar-refractivity contribution in [3.05, 3.63) is 18.3 Å². The second-order valence-corrected chi connectivity index (χ2v) is 4.91. The Kier molecular flexibility index (Phi) is 3.06. The lowest BCUT2D eigenvalue weighted by Gasteiger charge is -2.06. The van der Waals surface area contributed by atoms with Crippen LogP contribution in [0.4, 0.5) is 5.95 Å². The van der Waals surface area contributed by atoms with Crippen molar-refractivity contribution in [1.82, 2.24) is 19.9 Å². The minimum absolute atomic E-state index is 0.124. The van der Waals surface area contributed by atoms with Gasteiger partial charge in [0, 0.05) is 25.2 Å². The molecule has 6 nitrogen and oxygen atoms in total. The number of fused-ring (bicyclic) bond motifs is 1. The summed E-state index contributed by atoms with van der Waals surface area (Å²) < 4.78 is 1.86. The molecule has 0 unspecified atom stereocenters. The van der Waals surface area contributed by atoms with Crippen molar-refractivity contribution in [3.63, 3.8) is 0 Å². The van der Waals surface area contributed by atoms with Crippen LogP contribution in [0.25, 0.3) is 11.2 Å². The van der Waals surface area contributed by atoms with E-state index in [9.17, 15) is 4.79 Å². The van der Waals surface area contributed by atoms with Gasteiger partial charge < -0.3 is 11.1 Å². The molecule has 1 saturated carbocycles. The van der Waals surface area contributed by atoms with E-state index in [1.54, 1.807) is 6.20 Å². The van der Waals surface area contributed by atoms with E-state index in [4.69, 9.17) is 5.73 Å². The molecule has 1 aliphatic carbocycles. The maximum atomic E-state index is 11.6. The quantitative estimate of drug-likeness (QED) is 0.841. The third kappa shape index (κ3) is 2.67. The van der Waals surface area contributed by atoms with Gasteiger partial charge in [-0.3, -0.25) is 9.36 Å². The number of aromatic nitrogens is 3. The Morgan fingerprint density at radius 1 is 1.53 bits per heavy atom. The van der Waals surface area contributed by atoms with Crippen molar-refractivity contribution in [1.29, 1.82) is 0 Å². The number of nitrogens with zero attached hydrogens (tertiary/aromatic N) is 3. The summed E-state index contributed by atoms with van der Waals surface area (Å²) >= 11 is 0. The third-order valence-corrected chi connectivity index (χ3v) is 3.26. The smallest absolute Gasteiger partial charge is 0.220 e. The number of pyridine rings is 1. The minimum Gasteiger partial charge on any atom is -0.369 e. The number of aryl methyl sites for hydroxylation is 1.